The predicted molar refractivity (Wildman–Crippen MR) is 91.5 cm³/mol. The number of nitrogens with zero attached hydrogens (tertiary/aromatic N) is 3. The number of furan rings is 1. The summed E-state index contributed by atoms with van der Waals surface area (Å²) in [5, 5.41) is 3.92. The van der Waals surface area contributed by atoms with E-state index in [2.05, 4.69) is 15.0 Å². The van der Waals surface area contributed by atoms with E-state index in [1.54, 1.807) is 24.5 Å². The van der Waals surface area contributed by atoms with Gasteiger partial charge in [-0.25, -0.2) is 4.39 Å². The highest BCUT2D eigenvalue weighted by Crippen LogP contribution is 2.21. The molecule has 0 bridgehead atoms. The molecule has 0 radical (unpaired) electrons. The molecule has 3 heterocycles. The van der Waals surface area contributed by atoms with Gasteiger partial charge in [0, 0.05) is 13.2 Å². The first-order valence-corrected chi connectivity index (χ1v) is 8.72. The van der Waals surface area contributed by atoms with Crippen LogP contribution in [0.4, 0.5) is 4.39 Å². The molecule has 136 valence electrons. The number of aromatic nitrogens is 2. The molecule has 0 spiro atoms. The lowest BCUT2D eigenvalue weighted by atomic mass is 10.2. The molecule has 3 aromatic rings. The molecular formula is C19H20FN3O3. The smallest absolute Gasteiger partial charge is 0.241 e. The van der Waals surface area contributed by atoms with Crippen LogP contribution in [0.15, 0.2) is 51.6 Å². The molecular weight excluding hydrogens is 337 g/mol. The third-order valence-corrected chi connectivity index (χ3v) is 4.39. The van der Waals surface area contributed by atoms with E-state index in [1.807, 2.05) is 12.1 Å². The molecule has 1 atom stereocenters. The van der Waals surface area contributed by atoms with Gasteiger partial charge in [0.15, 0.2) is 0 Å². The maximum absolute atomic E-state index is 13.9. The molecule has 0 saturated carbocycles. The Kier molecular flexibility index (Phi) is 5.08. The van der Waals surface area contributed by atoms with Crippen LogP contribution in [0.3, 0.4) is 0 Å². The number of hydrogen-bond acceptors (Lipinski definition) is 6. The maximum Gasteiger partial charge on any atom is 0.241 e. The van der Waals surface area contributed by atoms with Gasteiger partial charge in [-0.05, 0) is 37.1 Å². The standard InChI is InChI=1S/C19H20FN3O3/c20-17-8-2-1-7-16(17)19-21-18(26-22-19)13-23(11-14-5-3-9-24-14)12-15-6-4-10-25-15/h1-3,5,7-9,15H,4,6,10-13H2. The Bertz CT molecular complexity index is 828. The summed E-state index contributed by atoms with van der Waals surface area (Å²) in [7, 11) is 0. The maximum atomic E-state index is 13.9. The Hall–Kier alpha value is -2.51. The predicted octanol–water partition coefficient (Wildman–Crippen LogP) is 3.65. The van der Waals surface area contributed by atoms with Gasteiger partial charge in [0.1, 0.15) is 11.6 Å². The number of benzene rings is 1. The van der Waals surface area contributed by atoms with E-state index in [9.17, 15) is 4.39 Å². The van der Waals surface area contributed by atoms with Crippen LogP contribution < -0.4 is 0 Å². The minimum absolute atomic E-state index is 0.193. The van der Waals surface area contributed by atoms with Crippen molar-refractivity contribution >= 4 is 0 Å². The van der Waals surface area contributed by atoms with Crippen LogP contribution in [-0.2, 0) is 17.8 Å². The quantitative estimate of drug-likeness (QED) is 0.643. The van der Waals surface area contributed by atoms with Crippen molar-refractivity contribution in [2.75, 3.05) is 13.2 Å². The van der Waals surface area contributed by atoms with Crippen molar-refractivity contribution in [2.45, 2.75) is 32.0 Å². The zero-order chi connectivity index (χ0) is 17.8. The van der Waals surface area contributed by atoms with Crippen LogP contribution in [0.2, 0.25) is 0 Å². The highest BCUT2D eigenvalue weighted by Gasteiger charge is 2.22. The van der Waals surface area contributed by atoms with Crippen LogP contribution in [-0.4, -0.2) is 34.3 Å². The molecule has 7 heteroatoms. The normalized spacial score (nSPS) is 17.2. The summed E-state index contributed by atoms with van der Waals surface area (Å²) in [6, 6.07) is 10.2. The van der Waals surface area contributed by atoms with Gasteiger partial charge in [-0.3, -0.25) is 4.90 Å². The Labute approximate surface area is 150 Å². The average Bonchev–Trinajstić information content (AvgIpc) is 3.38. The molecule has 1 saturated heterocycles. The van der Waals surface area contributed by atoms with Gasteiger partial charge in [-0.15, -0.1) is 0 Å². The molecule has 0 N–H and O–H groups in total. The molecule has 1 unspecified atom stereocenters. The zero-order valence-electron chi connectivity index (χ0n) is 14.3. The number of rotatable bonds is 7. The van der Waals surface area contributed by atoms with Crippen LogP contribution in [0.1, 0.15) is 24.5 Å². The Morgan fingerprint density at radius 1 is 1.15 bits per heavy atom. The van der Waals surface area contributed by atoms with E-state index in [1.165, 1.54) is 6.07 Å². The van der Waals surface area contributed by atoms with Crippen LogP contribution in [0.25, 0.3) is 11.4 Å². The molecule has 1 aliphatic rings. The molecule has 1 aromatic carbocycles. The SMILES string of the molecule is Fc1ccccc1-c1noc(CN(Cc2ccco2)CC2CCCO2)n1. The Balaban J connectivity index is 1.48. The van der Waals surface area contributed by atoms with E-state index in [4.69, 9.17) is 13.7 Å². The van der Waals surface area contributed by atoms with Gasteiger partial charge in [0.2, 0.25) is 11.7 Å². The van der Waals surface area contributed by atoms with E-state index < -0.39 is 0 Å². The van der Waals surface area contributed by atoms with Gasteiger partial charge >= 0.3 is 0 Å². The second-order valence-corrected chi connectivity index (χ2v) is 6.38. The van der Waals surface area contributed by atoms with E-state index in [0.29, 0.717) is 24.5 Å². The van der Waals surface area contributed by atoms with Crippen LogP contribution in [0.5, 0.6) is 0 Å². The van der Waals surface area contributed by atoms with E-state index >= 15 is 0 Å². The van der Waals surface area contributed by atoms with Gasteiger partial charge in [-0.2, -0.15) is 4.98 Å². The fourth-order valence-electron chi connectivity index (χ4n) is 3.15. The van der Waals surface area contributed by atoms with Crippen molar-refractivity contribution in [3.63, 3.8) is 0 Å². The van der Waals surface area contributed by atoms with Crippen molar-refractivity contribution in [1.82, 2.24) is 15.0 Å². The number of ether oxygens (including phenoxy) is 1. The Morgan fingerprint density at radius 2 is 2.08 bits per heavy atom. The van der Waals surface area contributed by atoms with Crippen molar-refractivity contribution in [1.29, 1.82) is 0 Å². The van der Waals surface area contributed by atoms with Crippen molar-refractivity contribution in [3.8, 4) is 11.4 Å². The molecule has 2 aromatic heterocycles. The Morgan fingerprint density at radius 3 is 2.85 bits per heavy atom. The third-order valence-electron chi connectivity index (χ3n) is 4.39. The van der Waals surface area contributed by atoms with Gasteiger partial charge in [0.05, 0.1) is 31.0 Å². The van der Waals surface area contributed by atoms with Crippen LogP contribution >= 0.6 is 0 Å². The molecule has 4 rings (SSSR count). The van der Waals surface area contributed by atoms with Crippen molar-refractivity contribution in [3.05, 3.63) is 60.1 Å². The first-order valence-electron chi connectivity index (χ1n) is 8.72. The second-order valence-electron chi connectivity index (χ2n) is 6.38. The fraction of sp³-hybridized carbons (Fsp3) is 0.368. The van der Waals surface area contributed by atoms with Crippen molar-refractivity contribution in [2.24, 2.45) is 0 Å². The first kappa shape index (κ1) is 16.9. The highest BCUT2D eigenvalue weighted by molar-refractivity contribution is 5.54. The number of halogens is 1. The molecule has 0 aliphatic carbocycles. The average molecular weight is 357 g/mol. The minimum Gasteiger partial charge on any atom is -0.468 e. The fourth-order valence-corrected chi connectivity index (χ4v) is 3.15. The first-order chi connectivity index (χ1) is 12.8. The lowest BCUT2D eigenvalue weighted by Crippen LogP contribution is -2.31. The molecule has 1 fully saturated rings. The van der Waals surface area contributed by atoms with Gasteiger partial charge < -0.3 is 13.7 Å². The van der Waals surface area contributed by atoms with E-state index in [0.717, 1.165) is 31.8 Å². The molecule has 6 nitrogen and oxygen atoms in total. The summed E-state index contributed by atoms with van der Waals surface area (Å²) in [4.78, 5) is 6.50. The monoisotopic (exact) mass is 357 g/mol. The summed E-state index contributed by atoms with van der Waals surface area (Å²) in [5.74, 6) is 1.18. The van der Waals surface area contributed by atoms with Crippen LogP contribution in [0, 0.1) is 5.82 Å². The van der Waals surface area contributed by atoms with E-state index in [-0.39, 0.29) is 17.7 Å². The lowest BCUT2D eigenvalue weighted by molar-refractivity contribution is 0.0615. The van der Waals surface area contributed by atoms with Gasteiger partial charge in [0.25, 0.3) is 0 Å². The largest absolute Gasteiger partial charge is 0.468 e. The number of hydrogen-bond donors (Lipinski definition) is 0. The summed E-state index contributed by atoms with van der Waals surface area (Å²) in [6.45, 7) is 2.61. The van der Waals surface area contributed by atoms with Crippen molar-refractivity contribution < 1.29 is 18.1 Å². The second kappa shape index (κ2) is 7.80. The molecule has 1 aliphatic heterocycles. The van der Waals surface area contributed by atoms with Gasteiger partial charge in [-0.1, -0.05) is 17.3 Å². The highest BCUT2D eigenvalue weighted by atomic mass is 19.1. The lowest BCUT2D eigenvalue weighted by Gasteiger charge is -2.22. The summed E-state index contributed by atoms with van der Waals surface area (Å²) in [5.41, 5.74) is 0.333. The minimum atomic E-state index is -0.369. The summed E-state index contributed by atoms with van der Waals surface area (Å²) in [6.07, 6.45) is 3.97. The third kappa shape index (κ3) is 4.00. The molecule has 0 amide bonds. The summed E-state index contributed by atoms with van der Waals surface area (Å²) >= 11 is 0. The zero-order valence-corrected chi connectivity index (χ0v) is 14.3. The summed E-state index contributed by atoms with van der Waals surface area (Å²) < 4.78 is 30.5. The molecule has 26 heavy (non-hydrogen) atoms. The topological polar surface area (TPSA) is 64.5 Å².